The van der Waals surface area contributed by atoms with Crippen molar-refractivity contribution in [3.05, 3.63) is 41.0 Å². The Labute approximate surface area is 209 Å². The Morgan fingerprint density at radius 1 is 1.33 bits per heavy atom. The van der Waals surface area contributed by atoms with Gasteiger partial charge in [-0.1, -0.05) is 12.1 Å². The number of nitrogens with two attached hydrogens (primary N) is 1. The highest BCUT2D eigenvalue weighted by atomic mass is 16.3. The van der Waals surface area contributed by atoms with Gasteiger partial charge in [0.15, 0.2) is 0 Å². The molecule has 3 aliphatic carbocycles. The van der Waals surface area contributed by atoms with Gasteiger partial charge in [-0.15, -0.1) is 0 Å². The first-order valence-corrected chi connectivity index (χ1v) is 12.8. The van der Waals surface area contributed by atoms with Gasteiger partial charge in [0.05, 0.1) is 5.60 Å². The largest absolute Gasteiger partial charge is 0.508 e. The smallest absolute Gasteiger partial charge is 0.282 e. The molecule has 3 fully saturated rings. The lowest BCUT2D eigenvalue weighted by molar-refractivity contribution is -0.158. The molecule has 5 aliphatic rings. The van der Waals surface area contributed by atoms with Gasteiger partial charge >= 0.3 is 0 Å². The number of fused-ring (bicyclic) bond motifs is 2. The Bertz CT molecular complexity index is 1240. The lowest BCUT2D eigenvalue weighted by Crippen LogP contribution is -2.74. The van der Waals surface area contributed by atoms with Crippen molar-refractivity contribution in [1.82, 2.24) is 10.2 Å². The van der Waals surface area contributed by atoms with Gasteiger partial charge in [0.2, 0.25) is 5.91 Å². The summed E-state index contributed by atoms with van der Waals surface area (Å²) in [5, 5.41) is 25.4. The molecule has 6 rings (SSSR count). The van der Waals surface area contributed by atoms with E-state index in [1.54, 1.807) is 18.2 Å². The average molecular weight is 493 g/mol. The van der Waals surface area contributed by atoms with Crippen molar-refractivity contribution < 1.29 is 24.6 Å². The molecule has 3 amide bonds. The number of hydrogen-bond donors (Lipinski definition) is 4. The minimum absolute atomic E-state index is 0.0939. The quantitative estimate of drug-likeness (QED) is 0.446. The number of piperidine rings is 1. The van der Waals surface area contributed by atoms with Crippen LogP contribution in [0.15, 0.2) is 34.8 Å². The fourth-order valence-electron chi connectivity index (χ4n) is 7.06. The molecule has 2 bridgehead atoms. The molecule has 2 aliphatic heterocycles. The fraction of sp³-hybridized carbons (Fsp3) is 0.556. The molecule has 9 nitrogen and oxygen atoms in total. The van der Waals surface area contributed by atoms with Crippen LogP contribution >= 0.6 is 0 Å². The van der Waals surface area contributed by atoms with Crippen LogP contribution in [0.5, 0.6) is 5.75 Å². The number of hydrogen-bond acceptors (Lipinski definition) is 6. The molecular formula is C27H32N4O5. The molecule has 1 aromatic rings. The van der Waals surface area contributed by atoms with E-state index in [1.807, 2.05) is 6.07 Å². The molecule has 0 aromatic heterocycles. The molecule has 2 heterocycles. The number of aliphatic hydroxyl groups is 1. The maximum atomic E-state index is 12.9. The number of dihydropyridines is 1. The van der Waals surface area contributed by atoms with E-state index in [0.29, 0.717) is 37.3 Å². The average Bonchev–Trinajstić information content (AvgIpc) is 3.63. The van der Waals surface area contributed by atoms with Crippen molar-refractivity contribution in [2.24, 2.45) is 22.6 Å². The van der Waals surface area contributed by atoms with Gasteiger partial charge in [-0.3, -0.25) is 19.3 Å². The van der Waals surface area contributed by atoms with Crippen LogP contribution in [0, 0.1) is 11.8 Å². The highest BCUT2D eigenvalue weighted by molar-refractivity contribution is 6.23. The number of carbonyl (C=O) groups excluding carboxylic acids is 3. The Balaban J connectivity index is 1.39. The third-order valence-electron chi connectivity index (χ3n) is 9.16. The lowest BCUT2D eigenvalue weighted by atomic mass is 9.47. The van der Waals surface area contributed by atoms with Crippen molar-refractivity contribution in [2.75, 3.05) is 13.1 Å². The Kier molecular flexibility index (Phi) is 5.18. The standard InChI is InChI=1S/C27H32N4O5/c1-14(23(28)33)29-24(34)19-8-17-11-27(36)22-9-16-4-5-18(32)10-20(16)26(27,12-21(17)30-25(19)35)6-7-31(22)13-15-2-3-15/h4-5,8,10,14-15,17,22,32,36H,2-3,6-7,9,11-13H2,1H3,(H2,28,33)(H,29,34)/t14-,17?,22+,26+,27+/m0/s1. The first-order chi connectivity index (χ1) is 17.1. The van der Waals surface area contributed by atoms with E-state index in [4.69, 9.17) is 5.73 Å². The monoisotopic (exact) mass is 492 g/mol. The zero-order chi connectivity index (χ0) is 25.4. The number of nitrogens with zero attached hydrogens (tertiary/aromatic N) is 2. The maximum absolute atomic E-state index is 12.9. The second kappa shape index (κ2) is 7.98. The summed E-state index contributed by atoms with van der Waals surface area (Å²) in [5.41, 5.74) is 6.11. The van der Waals surface area contributed by atoms with E-state index in [0.717, 1.165) is 24.2 Å². The van der Waals surface area contributed by atoms with E-state index >= 15 is 0 Å². The minimum Gasteiger partial charge on any atom is -0.508 e. The lowest BCUT2D eigenvalue weighted by Gasteiger charge is -2.65. The van der Waals surface area contributed by atoms with Gasteiger partial charge < -0.3 is 21.3 Å². The molecule has 5 atom stereocenters. The number of aromatic hydroxyl groups is 1. The maximum Gasteiger partial charge on any atom is 0.282 e. The van der Waals surface area contributed by atoms with Gasteiger partial charge in [0, 0.05) is 29.6 Å². The minimum atomic E-state index is -1.11. The normalized spacial score (nSPS) is 33.9. The van der Waals surface area contributed by atoms with Crippen LogP contribution in [0.25, 0.3) is 0 Å². The molecule has 0 radical (unpaired) electrons. The topological polar surface area (TPSA) is 145 Å². The van der Waals surface area contributed by atoms with Crippen LogP contribution in [0.1, 0.15) is 50.2 Å². The van der Waals surface area contributed by atoms with Gasteiger partial charge in [0.1, 0.15) is 17.4 Å². The van der Waals surface area contributed by atoms with E-state index in [-0.39, 0.29) is 23.3 Å². The summed E-state index contributed by atoms with van der Waals surface area (Å²) in [6.07, 6.45) is 6.18. The zero-order valence-electron chi connectivity index (χ0n) is 20.4. The van der Waals surface area contributed by atoms with Crippen LogP contribution in [-0.4, -0.2) is 69.3 Å². The van der Waals surface area contributed by atoms with E-state index < -0.39 is 34.8 Å². The molecule has 190 valence electrons. The summed E-state index contributed by atoms with van der Waals surface area (Å²) in [6.45, 7) is 3.27. The van der Waals surface area contributed by atoms with Crippen LogP contribution < -0.4 is 11.1 Å². The molecule has 1 unspecified atom stereocenters. The molecular weight excluding hydrogens is 460 g/mol. The molecule has 1 aromatic carbocycles. The van der Waals surface area contributed by atoms with Crippen LogP contribution in [-0.2, 0) is 26.2 Å². The van der Waals surface area contributed by atoms with Crippen LogP contribution in [0.2, 0.25) is 0 Å². The molecule has 9 heteroatoms. The number of amides is 3. The first-order valence-electron chi connectivity index (χ1n) is 12.8. The van der Waals surface area contributed by atoms with Gasteiger partial charge in [-0.05, 0) is 81.2 Å². The summed E-state index contributed by atoms with van der Waals surface area (Å²) >= 11 is 0. The van der Waals surface area contributed by atoms with Crippen molar-refractivity contribution in [3.63, 3.8) is 0 Å². The second-order valence-corrected chi connectivity index (χ2v) is 11.3. The fourth-order valence-corrected chi connectivity index (χ4v) is 7.06. The number of rotatable bonds is 5. The molecule has 0 spiro atoms. The van der Waals surface area contributed by atoms with Gasteiger partial charge in [0.25, 0.3) is 11.8 Å². The third-order valence-corrected chi connectivity index (χ3v) is 9.16. The molecule has 1 saturated heterocycles. The molecule has 2 saturated carbocycles. The second-order valence-electron chi connectivity index (χ2n) is 11.3. The van der Waals surface area contributed by atoms with Gasteiger partial charge in [-0.2, -0.15) is 0 Å². The third kappa shape index (κ3) is 3.43. The number of likely N-dealkylation sites (tertiary alicyclic amines) is 1. The van der Waals surface area contributed by atoms with Crippen LogP contribution in [0.4, 0.5) is 0 Å². The first kappa shape index (κ1) is 23.4. The summed E-state index contributed by atoms with van der Waals surface area (Å²) in [7, 11) is 0. The number of nitrogens with one attached hydrogen (secondary N) is 1. The number of benzene rings is 1. The summed E-state index contributed by atoms with van der Waals surface area (Å²) in [6, 6.07) is 4.42. The van der Waals surface area contributed by atoms with E-state index in [9.17, 15) is 24.6 Å². The number of allylic oxidation sites excluding steroid dienone is 1. The predicted octanol–water partition coefficient (Wildman–Crippen LogP) is 0.709. The number of phenols is 1. The highest BCUT2D eigenvalue weighted by Crippen LogP contribution is 2.59. The summed E-state index contributed by atoms with van der Waals surface area (Å²) in [5.74, 6) is -1.55. The SMILES string of the molecule is C[C@H](NC(=O)C1=CC2C[C@@]3(O)[C@H]4Cc5ccc(O)cc5[C@@]3(CCN4CC3CC3)CC2=NC1=O)C(N)=O. The Morgan fingerprint density at radius 2 is 2.11 bits per heavy atom. The molecule has 36 heavy (non-hydrogen) atoms. The van der Waals surface area contributed by atoms with Crippen molar-refractivity contribution in [3.8, 4) is 5.75 Å². The predicted molar refractivity (Wildman–Crippen MR) is 131 cm³/mol. The number of primary amides is 1. The van der Waals surface area contributed by atoms with Crippen LogP contribution in [0.3, 0.4) is 0 Å². The Hall–Kier alpha value is -3.04. The number of phenolic OH excluding ortho intramolecular Hbond substituents is 1. The Morgan fingerprint density at radius 3 is 2.83 bits per heavy atom. The highest BCUT2D eigenvalue weighted by Gasteiger charge is 2.66. The van der Waals surface area contributed by atoms with Gasteiger partial charge in [-0.25, -0.2) is 4.99 Å². The number of aliphatic imine (C=N–C) groups is 1. The molecule has 5 N–H and O–H groups in total. The zero-order valence-corrected chi connectivity index (χ0v) is 20.4. The summed E-state index contributed by atoms with van der Waals surface area (Å²) in [4.78, 5) is 43.8. The van der Waals surface area contributed by atoms with Crippen molar-refractivity contribution in [1.29, 1.82) is 0 Å². The van der Waals surface area contributed by atoms with E-state index in [1.165, 1.54) is 19.8 Å². The van der Waals surface area contributed by atoms with E-state index in [2.05, 4.69) is 15.2 Å². The van der Waals surface area contributed by atoms with Crippen molar-refractivity contribution >= 4 is 23.4 Å². The number of carbonyl (C=O) groups is 3. The summed E-state index contributed by atoms with van der Waals surface area (Å²) < 4.78 is 0. The van der Waals surface area contributed by atoms with Crippen molar-refractivity contribution in [2.45, 2.75) is 68.5 Å².